The van der Waals surface area contributed by atoms with Crippen LogP contribution in [0, 0.1) is 12.8 Å². The zero-order valence-corrected chi connectivity index (χ0v) is 10.7. The summed E-state index contributed by atoms with van der Waals surface area (Å²) < 4.78 is 0. The lowest BCUT2D eigenvalue weighted by atomic mass is 10.1. The fraction of sp³-hybridized carbons (Fsp3) is 0.455. The van der Waals surface area contributed by atoms with E-state index >= 15 is 0 Å². The first-order chi connectivity index (χ1) is 8.52. The molecule has 1 aromatic rings. The number of aromatic carboxylic acids is 1. The molecule has 18 heavy (non-hydrogen) atoms. The third kappa shape index (κ3) is 2.31. The van der Waals surface area contributed by atoms with Gasteiger partial charge in [0.25, 0.3) is 0 Å². The Morgan fingerprint density at radius 3 is 2.89 bits per heavy atom. The monoisotopic (exact) mass is 267 g/mol. The van der Waals surface area contributed by atoms with Crippen molar-refractivity contribution in [3.8, 4) is 0 Å². The number of anilines is 1. The van der Waals surface area contributed by atoms with Crippen LogP contribution in [0.4, 0.5) is 5.95 Å². The predicted octanol–water partition coefficient (Wildman–Crippen LogP) is 0.766. The van der Waals surface area contributed by atoms with Crippen molar-refractivity contribution in [3.05, 3.63) is 17.5 Å². The van der Waals surface area contributed by atoms with Gasteiger partial charge in [0.1, 0.15) is 0 Å². The number of thiol groups is 1. The molecule has 6 nitrogen and oxygen atoms in total. The van der Waals surface area contributed by atoms with E-state index in [-0.39, 0.29) is 23.3 Å². The largest absolute Gasteiger partial charge is 0.478 e. The van der Waals surface area contributed by atoms with Crippen LogP contribution >= 0.6 is 12.6 Å². The number of carboxylic acid groups (broad SMARTS) is 1. The normalized spacial score (nSPS) is 19.3. The van der Waals surface area contributed by atoms with Gasteiger partial charge in [0.15, 0.2) is 0 Å². The first kappa shape index (κ1) is 12.8. The summed E-state index contributed by atoms with van der Waals surface area (Å²) in [5.41, 5.74) is 0.408. The molecule has 1 N–H and O–H groups in total. The minimum atomic E-state index is -1.07. The first-order valence-corrected chi connectivity index (χ1v) is 6.14. The van der Waals surface area contributed by atoms with E-state index in [0.717, 1.165) is 0 Å². The highest BCUT2D eigenvalue weighted by molar-refractivity contribution is 7.80. The van der Waals surface area contributed by atoms with Crippen LogP contribution in [0.25, 0.3) is 0 Å². The van der Waals surface area contributed by atoms with Gasteiger partial charge in [-0.05, 0) is 18.6 Å². The van der Waals surface area contributed by atoms with Crippen molar-refractivity contribution in [3.63, 3.8) is 0 Å². The smallest absolute Gasteiger partial charge is 0.339 e. The van der Waals surface area contributed by atoms with Gasteiger partial charge in [-0.25, -0.2) is 14.8 Å². The number of hydrogen-bond donors (Lipinski definition) is 2. The zero-order chi connectivity index (χ0) is 13.3. The highest BCUT2D eigenvalue weighted by Crippen LogP contribution is 2.23. The Hall–Kier alpha value is -1.63. The maximum atomic E-state index is 11.8. The van der Waals surface area contributed by atoms with Gasteiger partial charge in [-0.15, -0.1) is 0 Å². The summed E-state index contributed by atoms with van der Waals surface area (Å²) in [4.78, 5) is 32.1. The summed E-state index contributed by atoms with van der Waals surface area (Å²) in [6.45, 7) is 2.12. The fourth-order valence-corrected chi connectivity index (χ4v) is 2.14. The molecule has 1 aromatic heterocycles. The molecule has 96 valence electrons. The molecule has 0 saturated carbocycles. The molecule has 7 heteroatoms. The third-order valence-electron chi connectivity index (χ3n) is 2.90. The van der Waals surface area contributed by atoms with Crippen LogP contribution in [0.1, 0.15) is 22.5 Å². The van der Waals surface area contributed by atoms with Gasteiger partial charge in [-0.3, -0.25) is 9.69 Å². The Labute approximate surface area is 109 Å². The van der Waals surface area contributed by atoms with Crippen LogP contribution in [-0.2, 0) is 4.79 Å². The van der Waals surface area contributed by atoms with Gasteiger partial charge >= 0.3 is 5.97 Å². The van der Waals surface area contributed by atoms with Crippen molar-refractivity contribution in [1.29, 1.82) is 0 Å². The molecule has 1 saturated heterocycles. The Balaban J connectivity index is 2.27. The maximum absolute atomic E-state index is 11.8. The van der Waals surface area contributed by atoms with E-state index in [9.17, 15) is 9.59 Å². The Morgan fingerprint density at radius 2 is 2.39 bits per heavy atom. The van der Waals surface area contributed by atoms with Crippen LogP contribution in [0.2, 0.25) is 0 Å². The lowest BCUT2D eigenvalue weighted by Gasteiger charge is -2.14. The number of hydrogen-bond acceptors (Lipinski definition) is 5. The Kier molecular flexibility index (Phi) is 3.51. The highest BCUT2D eigenvalue weighted by atomic mass is 32.1. The molecule has 1 atom stereocenters. The molecule has 0 aromatic carbocycles. The topological polar surface area (TPSA) is 83.4 Å². The van der Waals surface area contributed by atoms with Gasteiger partial charge in [0.2, 0.25) is 11.9 Å². The number of carbonyl (C=O) groups excluding carboxylic acids is 1. The summed E-state index contributed by atoms with van der Waals surface area (Å²) >= 11 is 4.18. The molecule has 0 spiro atoms. The quantitative estimate of drug-likeness (QED) is 0.790. The van der Waals surface area contributed by atoms with Gasteiger partial charge in [0, 0.05) is 19.2 Å². The number of amides is 1. The van der Waals surface area contributed by atoms with Crippen LogP contribution in [0.5, 0.6) is 0 Å². The average molecular weight is 267 g/mol. The molecule has 0 aliphatic carbocycles. The molecule has 2 heterocycles. The molecule has 1 aliphatic rings. The first-order valence-electron chi connectivity index (χ1n) is 5.51. The second-order valence-electron chi connectivity index (χ2n) is 4.23. The van der Waals surface area contributed by atoms with Crippen molar-refractivity contribution >= 4 is 30.5 Å². The van der Waals surface area contributed by atoms with Crippen molar-refractivity contribution < 1.29 is 14.7 Å². The third-order valence-corrected chi connectivity index (χ3v) is 3.42. The number of carboxylic acids is 1. The average Bonchev–Trinajstić information content (AvgIpc) is 2.70. The molecule has 2 rings (SSSR count). The summed E-state index contributed by atoms with van der Waals surface area (Å²) in [5.74, 6) is -0.0127. The second-order valence-corrected chi connectivity index (χ2v) is 4.60. The van der Waals surface area contributed by atoms with Crippen molar-refractivity contribution in [1.82, 2.24) is 9.97 Å². The van der Waals surface area contributed by atoms with Crippen molar-refractivity contribution in [2.75, 3.05) is 17.2 Å². The van der Waals surface area contributed by atoms with Gasteiger partial charge < -0.3 is 5.11 Å². The van der Waals surface area contributed by atoms with Crippen LogP contribution in [0.15, 0.2) is 6.20 Å². The SMILES string of the molecule is Cc1nc(N2CC(CS)CC2=O)ncc1C(=O)O. The lowest BCUT2D eigenvalue weighted by molar-refractivity contribution is -0.117. The zero-order valence-electron chi connectivity index (χ0n) is 9.83. The molecular formula is C11H13N3O3S. The second kappa shape index (κ2) is 4.93. The Morgan fingerprint density at radius 1 is 1.67 bits per heavy atom. The molecule has 1 fully saturated rings. The van der Waals surface area contributed by atoms with Crippen molar-refractivity contribution in [2.45, 2.75) is 13.3 Å². The van der Waals surface area contributed by atoms with E-state index in [1.807, 2.05) is 0 Å². The summed E-state index contributed by atoms with van der Waals surface area (Å²) in [5, 5.41) is 8.88. The summed E-state index contributed by atoms with van der Waals surface area (Å²) in [7, 11) is 0. The number of carbonyl (C=O) groups is 2. The summed E-state index contributed by atoms with van der Waals surface area (Å²) in [6, 6.07) is 0. The molecule has 1 unspecified atom stereocenters. The van der Waals surface area contributed by atoms with E-state index in [2.05, 4.69) is 22.6 Å². The van der Waals surface area contributed by atoms with Gasteiger partial charge in [-0.1, -0.05) is 0 Å². The lowest BCUT2D eigenvalue weighted by Crippen LogP contribution is -2.27. The fourth-order valence-electron chi connectivity index (χ4n) is 1.89. The number of rotatable bonds is 3. The number of aryl methyl sites for hydroxylation is 1. The molecule has 0 radical (unpaired) electrons. The van der Waals surface area contributed by atoms with E-state index in [1.54, 1.807) is 6.92 Å². The van der Waals surface area contributed by atoms with E-state index in [1.165, 1.54) is 11.1 Å². The minimum absolute atomic E-state index is 0.0449. The van der Waals surface area contributed by atoms with Crippen molar-refractivity contribution in [2.24, 2.45) is 5.92 Å². The van der Waals surface area contributed by atoms with E-state index in [0.29, 0.717) is 24.4 Å². The standard InChI is InChI=1S/C11H13N3O3S/c1-6-8(10(16)17)3-12-11(13-6)14-4-7(5-18)2-9(14)15/h3,7,18H,2,4-5H2,1H3,(H,16,17). The Bertz CT molecular complexity index is 506. The highest BCUT2D eigenvalue weighted by Gasteiger charge is 2.31. The molecular weight excluding hydrogens is 254 g/mol. The van der Waals surface area contributed by atoms with Crippen LogP contribution in [0.3, 0.4) is 0 Å². The van der Waals surface area contributed by atoms with E-state index < -0.39 is 5.97 Å². The molecule has 1 amide bonds. The van der Waals surface area contributed by atoms with Crippen LogP contribution in [-0.4, -0.2) is 39.2 Å². The predicted molar refractivity (Wildman–Crippen MR) is 68.0 cm³/mol. The number of aromatic nitrogens is 2. The van der Waals surface area contributed by atoms with Crippen LogP contribution < -0.4 is 4.90 Å². The maximum Gasteiger partial charge on any atom is 0.339 e. The summed E-state index contributed by atoms with van der Waals surface area (Å²) in [6.07, 6.45) is 1.67. The number of nitrogens with zero attached hydrogens (tertiary/aromatic N) is 3. The minimum Gasteiger partial charge on any atom is -0.478 e. The van der Waals surface area contributed by atoms with Gasteiger partial charge in [0.05, 0.1) is 11.3 Å². The molecule has 0 bridgehead atoms. The van der Waals surface area contributed by atoms with Gasteiger partial charge in [-0.2, -0.15) is 12.6 Å². The van der Waals surface area contributed by atoms with E-state index in [4.69, 9.17) is 5.11 Å². The molecule has 1 aliphatic heterocycles.